The summed E-state index contributed by atoms with van der Waals surface area (Å²) in [5.74, 6) is 3.87. The van der Waals surface area contributed by atoms with Crippen molar-refractivity contribution in [2.75, 3.05) is 41.7 Å². The maximum Gasteiger partial charge on any atom is 0.241 e. The van der Waals surface area contributed by atoms with E-state index < -0.39 is 15.6 Å². The van der Waals surface area contributed by atoms with Crippen LogP contribution in [-0.4, -0.2) is 56.8 Å². The molecule has 0 unspecified atom stereocenters. The Bertz CT molecular complexity index is 1270. The first kappa shape index (κ1) is 27.1. The predicted molar refractivity (Wildman–Crippen MR) is 147 cm³/mol. The zero-order chi connectivity index (χ0) is 26.3. The van der Waals surface area contributed by atoms with Gasteiger partial charge in [-0.3, -0.25) is 5.41 Å². The molecular weight excluding hydrogens is 476 g/mol. The third kappa shape index (κ3) is 7.76. The Morgan fingerprint density at radius 1 is 1.17 bits per heavy atom. The van der Waals surface area contributed by atoms with Gasteiger partial charge in [-0.2, -0.15) is 0 Å². The minimum atomic E-state index is -3.71. The molecule has 3 rings (SSSR count). The van der Waals surface area contributed by atoms with Gasteiger partial charge in [0.05, 0.1) is 22.4 Å². The van der Waals surface area contributed by atoms with Gasteiger partial charge in [-0.1, -0.05) is 12.6 Å². The molecule has 36 heavy (non-hydrogen) atoms. The van der Waals surface area contributed by atoms with Gasteiger partial charge in [-0.05, 0) is 63.9 Å². The van der Waals surface area contributed by atoms with Crippen LogP contribution in [0.15, 0.2) is 70.5 Å². The Labute approximate surface area is 213 Å². The van der Waals surface area contributed by atoms with Gasteiger partial charge >= 0.3 is 0 Å². The normalized spacial score (nSPS) is 14.7. The van der Waals surface area contributed by atoms with Crippen molar-refractivity contribution in [3.63, 3.8) is 0 Å². The monoisotopic (exact) mass is 510 g/mol. The number of benzene rings is 1. The Balaban J connectivity index is 1.75. The third-order valence-electron chi connectivity index (χ3n) is 5.11. The average molecular weight is 511 g/mol. The number of pyridine rings is 1. The van der Waals surface area contributed by atoms with Crippen LogP contribution in [0.4, 0.5) is 17.2 Å². The lowest BCUT2D eigenvalue weighted by Crippen LogP contribution is -2.43. The van der Waals surface area contributed by atoms with Crippen molar-refractivity contribution in [2.45, 2.75) is 38.1 Å². The summed E-state index contributed by atoms with van der Waals surface area (Å²) in [6, 6.07) is 10.2. The number of nitrogens with zero attached hydrogens (tertiary/aromatic N) is 3. The number of hydrogen-bond donors (Lipinski definition) is 5. The average Bonchev–Trinajstić information content (AvgIpc) is 2.83. The summed E-state index contributed by atoms with van der Waals surface area (Å²) in [5.41, 5.74) is 1.02. The first-order chi connectivity index (χ1) is 17.0. The second-order valence-electron chi connectivity index (χ2n) is 9.43. The molecule has 0 aliphatic carbocycles. The number of aromatic nitrogens is 1. The predicted octanol–water partition coefficient (Wildman–Crippen LogP) is 3.16. The molecule has 1 aliphatic heterocycles. The third-order valence-corrected chi connectivity index (χ3v) is 6.87. The lowest BCUT2D eigenvalue weighted by molar-refractivity contribution is 0.491. The summed E-state index contributed by atoms with van der Waals surface area (Å²) >= 11 is 0. The van der Waals surface area contributed by atoms with E-state index in [-0.39, 0.29) is 4.90 Å². The number of piperazine rings is 1. The van der Waals surface area contributed by atoms with Crippen LogP contribution in [0.1, 0.15) is 27.7 Å². The largest absolute Gasteiger partial charge is 0.354 e. The quantitative estimate of drug-likeness (QED) is 0.272. The molecule has 0 bridgehead atoms. The highest BCUT2D eigenvalue weighted by molar-refractivity contribution is 7.89. The summed E-state index contributed by atoms with van der Waals surface area (Å²) < 4.78 is 28.1. The Kier molecular flexibility index (Phi) is 8.65. The molecule has 0 radical (unpaired) electrons. The molecule has 0 amide bonds. The van der Waals surface area contributed by atoms with Gasteiger partial charge in [-0.25, -0.2) is 23.1 Å². The van der Waals surface area contributed by atoms with E-state index in [1.54, 1.807) is 46.0 Å². The summed E-state index contributed by atoms with van der Waals surface area (Å²) in [6.45, 7) is 14.7. The summed E-state index contributed by atoms with van der Waals surface area (Å²) in [5, 5.41) is 17.1. The molecule has 1 saturated heterocycles. The fraction of sp³-hybridized carbons (Fsp3) is 0.360. The lowest BCUT2D eigenvalue weighted by atomic mass is 10.1. The van der Waals surface area contributed by atoms with Crippen molar-refractivity contribution in [2.24, 2.45) is 4.99 Å². The van der Waals surface area contributed by atoms with Crippen LogP contribution < -0.4 is 25.6 Å². The fourth-order valence-electron chi connectivity index (χ4n) is 3.48. The number of hydrogen-bond acceptors (Lipinski definition) is 8. The van der Waals surface area contributed by atoms with E-state index in [2.05, 4.69) is 48.0 Å². The van der Waals surface area contributed by atoms with Crippen LogP contribution >= 0.6 is 0 Å². The zero-order valence-electron chi connectivity index (χ0n) is 21.1. The van der Waals surface area contributed by atoms with Crippen LogP contribution in [0.2, 0.25) is 0 Å². The van der Waals surface area contributed by atoms with Gasteiger partial charge in [0.25, 0.3) is 0 Å². The standard InChI is InChI=1S/C25H34N8O2S/c1-18(16-26)24(31-20-7-6-8-22(15-20)36(34,35)32-25(3,4)5)30-19(2)29-21-9-10-23(28-17-21)33-13-11-27-12-14-33/h6-10,15,17,26-27,29,32H,2,11-14H2,1,3-5H3,(H,30,31). The Hall–Kier alpha value is -3.50. The Morgan fingerprint density at radius 3 is 2.50 bits per heavy atom. The van der Waals surface area contributed by atoms with Crippen LogP contribution in [0.5, 0.6) is 0 Å². The molecule has 5 N–H and O–H groups in total. The summed E-state index contributed by atoms with van der Waals surface area (Å²) in [6.07, 6.45) is 1.72. The highest BCUT2D eigenvalue weighted by atomic mass is 32.2. The Morgan fingerprint density at radius 2 is 1.89 bits per heavy atom. The minimum Gasteiger partial charge on any atom is -0.354 e. The van der Waals surface area contributed by atoms with E-state index in [4.69, 9.17) is 5.41 Å². The molecule has 11 heteroatoms. The number of sulfonamides is 1. The van der Waals surface area contributed by atoms with Gasteiger partial charge in [0.1, 0.15) is 17.5 Å². The van der Waals surface area contributed by atoms with Gasteiger partial charge in [-0.15, -0.1) is 0 Å². The SMILES string of the molecule is C=C(N=C(Nc1cccc(S(=O)(=O)NC(C)(C)C)c1)C(C)=C=N)Nc1ccc(N2CCNCC2)nc1. The van der Waals surface area contributed by atoms with Gasteiger partial charge in [0.2, 0.25) is 10.0 Å². The number of rotatable bonds is 8. The summed E-state index contributed by atoms with van der Waals surface area (Å²) in [7, 11) is -3.71. The maximum absolute atomic E-state index is 12.7. The molecule has 0 atom stereocenters. The number of aliphatic imine (C=N–C) groups is 1. The van der Waals surface area contributed by atoms with Crippen molar-refractivity contribution in [1.29, 1.82) is 5.41 Å². The molecule has 192 valence electrons. The molecule has 1 fully saturated rings. The van der Waals surface area contributed by atoms with Crippen molar-refractivity contribution >= 4 is 38.9 Å². The van der Waals surface area contributed by atoms with E-state index in [1.807, 2.05) is 12.1 Å². The minimum absolute atomic E-state index is 0.117. The number of nitrogens with one attached hydrogen (secondary N) is 5. The van der Waals surface area contributed by atoms with Crippen LogP contribution in [0.3, 0.4) is 0 Å². The molecule has 2 heterocycles. The van der Waals surface area contributed by atoms with Crippen LogP contribution in [0.25, 0.3) is 0 Å². The number of anilines is 3. The highest BCUT2D eigenvalue weighted by Crippen LogP contribution is 2.19. The first-order valence-corrected chi connectivity index (χ1v) is 13.1. The van der Waals surface area contributed by atoms with Gasteiger partial charge < -0.3 is 20.9 Å². The lowest BCUT2D eigenvalue weighted by Gasteiger charge is -2.28. The van der Waals surface area contributed by atoms with Crippen molar-refractivity contribution < 1.29 is 8.42 Å². The van der Waals surface area contributed by atoms with Gasteiger partial charge in [0, 0.05) is 37.4 Å². The maximum atomic E-state index is 12.7. The fourth-order valence-corrected chi connectivity index (χ4v) is 4.94. The topological polar surface area (TPSA) is 135 Å². The molecular formula is C25H34N8O2S. The molecule has 0 saturated carbocycles. The number of amidine groups is 1. The van der Waals surface area contributed by atoms with E-state index >= 15 is 0 Å². The molecule has 1 aliphatic rings. The van der Waals surface area contributed by atoms with Gasteiger partial charge in [0.15, 0.2) is 0 Å². The van der Waals surface area contributed by atoms with Crippen LogP contribution in [-0.2, 0) is 10.0 Å². The molecule has 2 aromatic rings. The van der Waals surface area contributed by atoms with Crippen LogP contribution in [0, 0.1) is 5.41 Å². The highest BCUT2D eigenvalue weighted by Gasteiger charge is 2.22. The molecule has 10 nitrogen and oxygen atoms in total. The molecule has 1 aromatic heterocycles. The van der Waals surface area contributed by atoms with Crippen molar-refractivity contribution in [3.05, 3.63) is 60.6 Å². The second-order valence-corrected chi connectivity index (χ2v) is 11.1. The smallest absolute Gasteiger partial charge is 0.241 e. The van der Waals surface area contributed by atoms with E-state index in [9.17, 15) is 8.42 Å². The second kappa shape index (κ2) is 11.5. The van der Waals surface area contributed by atoms with E-state index in [0.29, 0.717) is 22.9 Å². The van der Waals surface area contributed by atoms with E-state index in [0.717, 1.165) is 37.7 Å². The molecule has 0 spiro atoms. The zero-order valence-corrected chi connectivity index (χ0v) is 22.0. The van der Waals surface area contributed by atoms with Crippen molar-refractivity contribution in [3.8, 4) is 0 Å². The first-order valence-electron chi connectivity index (χ1n) is 11.6. The van der Waals surface area contributed by atoms with Crippen molar-refractivity contribution in [1.82, 2.24) is 15.0 Å². The molecule has 1 aromatic carbocycles. The van der Waals surface area contributed by atoms with E-state index in [1.165, 1.54) is 12.1 Å². The summed E-state index contributed by atoms with van der Waals surface area (Å²) in [4.78, 5) is 11.3.